The number of hydrogen-bond acceptors (Lipinski definition) is 2. The number of azo groups is 1. The van der Waals surface area contributed by atoms with Crippen molar-refractivity contribution in [3.63, 3.8) is 0 Å². The van der Waals surface area contributed by atoms with Crippen LogP contribution in [0.3, 0.4) is 0 Å². The second-order valence-corrected chi connectivity index (χ2v) is 5.43. The third-order valence-corrected chi connectivity index (χ3v) is 5.61. The lowest BCUT2D eigenvalue weighted by atomic mass is 9.79. The Hall–Kier alpha value is -0.400. The molecule has 0 aromatic carbocycles. The van der Waals surface area contributed by atoms with Crippen molar-refractivity contribution in [3.05, 3.63) is 0 Å². The summed E-state index contributed by atoms with van der Waals surface area (Å²) in [6.45, 7) is 0. The summed E-state index contributed by atoms with van der Waals surface area (Å²) in [5, 5.41) is 8.91. The summed E-state index contributed by atoms with van der Waals surface area (Å²) < 4.78 is 0. The summed E-state index contributed by atoms with van der Waals surface area (Å²) in [7, 11) is 0. The molecule has 6 rings (SSSR count). The van der Waals surface area contributed by atoms with Gasteiger partial charge in [-0.15, -0.1) is 0 Å². The average Bonchev–Trinajstić information content (AvgIpc) is 2.84. The lowest BCUT2D eigenvalue weighted by molar-refractivity contribution is 0.209. The highest BCUT2D eigenvalue weighted by molar-refractivity contribution is 5.28. The maximum Gasteiger partial charge on any atom is 0.0794 e. The molecule has 2 heteroatoms. The highest BCUT2D eigenvalue weighted by atomic mass is 15.3. The molecule has 6 atom stereocenters. The first kappa shape index (κ1) is 5.36. The van der Waals surface area contributed by atoms with E-state index in [1.807, 2.05) is 0 Å². The van der Waals surface area contributed by atoms with Gasteiger partial charge in [-0.2, -0.15) is 10.2 Å². The van der Waals surface area contributed by atoms with Crippen LogP contribution < -0.4 is 0 Å². The molecule has 6 aliphatic rings. The fraction of sp³-hybridized carbons (Fsp3) is 1.00. The zero-order valence-corrected chi connectivity index (χ0v) is 6.93. The molecule has 0 N–H and O–H groups in total. The largest absolute Gasteiger partial charge is 0.190 e. The number of rotatable bonds is 0. The predicted molar refractivity (Wildman–Crippen MR) is 42.6 cm³/mol. The van der Waals surface area contributed by atoms with Crippen LogP contribution in [0.5, 0.6) is 0 Å². The summed E-state index contributed by atoms with van der Waals surface area (Å²) in [4.78, 5) is 0. The molecular formula is C10H12N2. The van der Waals surface area contributed by atoms with Gasteiger partial charge in [-0.25, -0.2) is 0 Å². The molecule has 0 amide bonds. The third-order valence-electron chi connectivity index (χ3n) is 5.61. The second-order valence-electron chi connectivity index (χ2n) is 5.43. The summed E-state index contributed by atoms with van der Waals surface area (Å²) in [6, 6.07) is 1.43. The molecule has 2 nitrogen and oxygen atoms in total. The first-order chi connectivity index (χ1) is 5.97. The van der Waals surface area contributed by atoms with E-state index in [-0.39, 0.29) is 0 Å². The molecule has 0 saturated heterocycles. The second kappa shape index (κ2) is 1.28. The molecule has 0 aromatic rings. The van der Waals surface area contributed by atoms with Crippen LogP contribution in [-0.2, 0) is 0 Å². The lowest BCUT2D eigenvalue weighted by Gasteiger charge is -2.29. The Kier molecular flexibility index (Phi) is 0.572. The first-order valence-electron chi connectivity index (χ1n) is 5.37. The quantitative estimate of drug-likeness (QED) is 0.515. The molecular weight excluding hydrogens is 148 g/mol. The highest BCUT2D eigenvalue weighted by Gasteiger charge is 2.78. The molecule has 0 aromatic heterocycles. The number of nitrogens with zero attached hydrogens (tertiary/aromatic N) is 2. The Morgan fingerprint density at radius 2 is 1.25 bits per heavy atom. The summed E-state index contributed by atoms with van der Waals surface area (Å²) in [6.07, 6.45) is 3.07. The van der Waals surface area contributed by atoms with Gasteiger partial charge in [0, 0.05) is 5.92 Å². The van der Waals surface area contributed by atoms with E-state index in [9.17, 15) is 0 Å². The SMILES string of the molecule is C1CC2C3C1C1C4N=NC(C21)C43. The molecule has 5 saturated carbocycles. The van der Waals surface area contributed by atoms with Crippen LogP contribution in [0, 0.1) is 35.5 Å². The van der Waals surface area contributed by atoms with Crippen LogP contribution in [0.15, 0.2) is 10.2 Å². The van der Waals surface area contributed by atoms with Crippen LogP contribution >= 0.6 is 0 Å². The van der Waals surface area contributed by atoms with Crippen LogP contribution in [0.2, 0.25) is 0 Å². The van der Waals surface area contributed by atoms with Crippen molar-refractivity contribution in [3.8, 4) is 0 Å². The van der Waals surface area contributed by atoms with Gasteiger partial charge in [0.15, 0.2) is 0 Å². The van der Waals surface area contributed by atoms with Crippen LogP contribution in [-0.4, -0.2) is 12.1 Å². The molecule has 5 aliphatic carbocycles. The van der Waals surface area contributed by atoms with E-state index < -0.39 is 0 Å². The zero-order valence-electron chi connectivity index (χ0n) is 6.93. The topological polar surface area (TPSA) is 24.7 Å². The van der Waals surface area contributed by atoms with E-state index in [2.05, 4.69) is 10.2 Å². The summed E-state index contributed by atoms with van der Waals surface area (Å²) in [5.74, 6) is 6.26. The standard InChI is InChI=1S/C10H12N2/c1-2-4-5-3(1)6-7(4)10-8(5)9(6)11-12-10/h3-10H,1-2H2. The number of hydrogen-bond donors (Lipinski definition) is 0. The fourth-order valence-corrected chi connectivity index (χ4v) is 5.72. The van der Waals surface area contributed by atoms with Gasteiger partial charge in [0.25, 0.3) is 0 Å². The van der Waals surface area contributed by atoms with Gasteiger partial charge < -0.3 is 0 Å². The van der Waals surface area contributed by atoms with E-state index in [1.54, 1.807) is 0 Å². The van der Waals surface area contributed by atoms with Gasteiger partial charge in [-0.3, -0.25) is 0 Å². The van der Waals surface area contributed by atoms with Gasteiger partial charge >= 0.3 is 0 Å². The van der Waals surface area contributed by atoms with Gasteiger partial charge in [-0.1, -0.05) is 0 Å². The van der Waals surface area contributed by atoms with Crippen LogP contribution in [0.1, 0.15) is 12.8 Å². The first-order valence-corrected chi connectivity index (χ1v) is 5.37. The fourth-order valence-electron chi connectivity index (χ4n) is 5.72. The van der Waals surface area contributed by atoms with Gasteiger partial charge in [-0.05, 0) is 42.4 Å². The van der Waals surface area contributed by atoms with Gasteiger partial charge in [0.1, 0.15) is 0 Å². The molecule has 5 fully saturated rings. The summed E-state index contributed by atoms with van der Waals surface area (Å²) in [5.41, 5.74) is 0. The zero-order chi connectivity index (χ0) is 7.45. The van der Waals surface area contributed by atoms with Crippen LogP contribution in [0.25, 0.3) is 0 Å². The highest BCUT2D eigenvalue weighted by Crippen LogP contribution is 2.77. The third kappa shape index (κ3) is 0.289. The van der Waals surface area contributed by atoms with Crippen molar-refractivity contribution in [2.24, 2.45) is 45.7 Å². The molecule has 0 radical (unpaired) electrons. The molecule has 12 heavy (non-hydrogen) atoms. The van der Waals surface area contributed by atoms with Gasteiger partial charge in [0.2, 0.25) is 0 Å². The molecule has 62 valence electrons. The molecule has 0 spiro atoms. The minimum Gasteiger partial charge on any atom is -0.190 e. The monoisotopic (exact) mass is 160 g/mol. The Morgan fingerprint density at radius 1 is 0.667 bits per heavy atom. The van der Waals surface area contributed by atoms with E-state index in [0.29, 0.717) is 12.1 Å². The maximum absolute atomic E-state index is 4.45. The van der Waals surface area contributed by atoms with Crippen molar-refractivity contribution in [1.29, 1.82) is 0 Å². The Bertz CT molecular complexity index is 283. The normalized spacial score (nSPS) is 78.7. The molecule has 1 aliphatic heterocycles. The van der Waals surface area contributed by atoms with Crippen molar-refractivity contribution in [1.82, 2.24) is 0 Å². The minimum absolute atomic E-state index is 0.714. The van der Waals surface area contributed by atoms with Crippen molar-refractivity contribution < 1.29 is 0 Å². The molecule has 8 bridgehead atoms. The van der Waals surface area contributed by atoms with Crippen molar-refractivity contribution in [2.45, 2.75) is 24.9 Å². The lowest BCUT2D eigenvalue weighted by Crippen LogP contribution is -2.29. The maximum atomic E-state index is 4.45. The Labute approximate surface area is 71.4 Å². The van der Waals surface area contributed by atoms with Crippen molar-refractivity contribution in [2.75, 3.05) is 0 Å². The predicted octanol–water partition coefficient (Wildman–Crippen LogP) is 1.72. The summed E-state index contributed by atoms with van der Waals surface area (Å²) >= 11 is 0. The Balaban J connectivity index is 1.85. The molecule has 6 unspecified atom stereocenters. The van der Waals surface area contributed by atoms with Crippen molar-refractivity contribution >= 4 is 0 Å². The van der Waals surface area contributed by atoms with E-state index in [0.717, 1.165) is 35.5 Å². The average molecular weight is 160 g/mol. The minimum atomic E-state index is 0.714. The smallest absolute Gasteiger partial charge is 0.0794 e. The van der Waals surface area contributed by atoms with E-state index in [4.69, 9.17) is 0 Å². The molecule has 1 heterocycles. The van der Waals surface area contributed by atoms with E-state index in [1.165, 1.54) is 12.8 Å². The van der Waals surface area contributed by atoms with Gasteiger partial charge in [0.05, 0.1) is 12.1 Å². The van der Waals surface area contributed by atoms with Crippen LogP contribution in [0.4, 0.5) is 0 Å². The van der Waals surface area contributed by atoms with E-state index >= 15 is 0 Å². The Morgan fingerprint density at radius 3 is 1.83 bits per heavy atom.